The van der Waals surface area contributed by atoms with Crippen molar-refractivity contribution in [2.75, 3.05) is 12.4 Å². The molecule has 1 heterocycles. The summed E-state index contributed by atoms with van der Waals surface area (Å²) in [6, 6.07) is 1.45. The Morgan fingerprint density at radius 3 is 2.62 bits per heavy atom. The van der Waals surface area contributed by atoms with E-state index in [9.17, 15) is 9.59 Å². The van der Waals surface area contributed by atoms with Crippen molar-refractivity contribution in [2.24, 2.45) is 0 Å². The molecular weight excluding hydrogens is 428 g/mol. The number of anilines is 1. The summed E-state index contributed by atoms with van der Waals surface area (Å²) in [7, 11) is 1.36. The third-order valence-electron chi connectivity index (χ3n) is 4.82. The van der Waals surface area contributed by atoms with Gasteiger partial charge in [0.05, 0.1) is 18.5 Å². The zero-order valence-corrected chi connectivity index (χ0v) is 19.4. The minimum Gasteiger partial charge on any atom is -0.466 e. The zero-order chi connectivity index (χ0) is 23.3. The van der Waals surface area contributed by atoms with E-state index in [0.29, 0.717) is 40.7 Å². The maximum Gasteiger partial charge on any atom is 0.334 e. The first-order valence-electron chi connectivity index (χ1n) is 10.3. The largest absolute Gasteiger partial charge is 0.466 e. The molecule has 2 aliphatic carbocycles. The molecule has 0 atom stereocenters. The summed E-state index contributed by atoms with van der Waals surface area (Å²) in [5.41, 5.74) is 2.48. The van der Waals surface area contributed by atoms with Gasteiger partial charge >= 0.3 is 12.0 Å². The van der Waals surface area contributed by atoms with Crippen LogP contribution < -0.4 is 10.6 Å². The lowest BCUT2D eigenvalue weighted by Crippen LogP contribution is -2.28. The number of halogens is 1. The number of nitrogens with one attached hydrogen (secondary N) is 2. The van der Waals surface area contributed by atoms with Gasteiger partial charge in [-0.1, -0.05) is 50.6 Å². The first kappa shape index (κ1) is 23.3. The normalized spacial score (nSPS) is 16.2. The van der Waals surface area contributed by atoms with Gasteiger partial charge in [-0.05, 0) is 43.2 Å². The highest BCUT2D eigenvalue weighted by Crippen LogP contribution is 2.27. The summed E-state index contributed by atoms with van der Waals surface area (Å²) in [5, 5.41) is 11.1. The van der Waals surface area contributed by atoms with E-state index in [1.54, 1.807) is 29.0 Å². The molecule has 0 saturated heterocycles. The summed E-state index contributed by atoms with van der Waals surface area (Å²) in [5.74, 6) is 0.132. The Balaban J connectivity index is 1.88. The molecule has 0 bridgehead atoms. The quantitative estimate of drug-likeness (QED) is 0.614. The highest BCUT2D eigenvalue weighted by Gasteiger charge is 2.22. The van der Waals surface area contributed by atoms with E-state index in [1.807, 2.05) is 51.1 Å². The Kier molecular flexibility index (Phi) is 7.20. The molecule has 0 aliphatic heterocycles. The van der Waals surface area contributed by atoms with Crippen LogP contribution in [-0.2, 0) is 14.9 Å². The fourth-order valence-corrected chi connectivity index (χ4v) is 3.20. The van der Waals surface area contributed by atoms with Gasteiger partial charge in [0.1, 0.15) is 5.82 Å². The third-order valence-corrected chi connectivity index (χ3v) is 5.10. The molecular formula is C24H27ClN4O3. The third kappa shape index (κ3) is 5.88. The molecule has 0 radical (unpaired) electrons. The molecule has 168 valence electrons. The molecule has 0 spiro atoms. The molecule has 1 aromatic heterocycles. The number of ether oxygens (including phenoxy) is 1. The van der Waals surface area contributed by atoms with Crippen molar-refractivity contribution in [3.8, 4) is 0 Å². The lowest BCUT2D eigenvalue weighted by atomic mass is 9.92. The van der Waals surface area contributed by atoms with Crippen molar-refractivity contribution in [1.82, 2.24) is 15.1 Å². The van der Waals surface area contributed by atoms with Gasteiger partial charge < -0.3 is 10.1 Å². The topological polar surface area (TPSA) is 85.2 Å². The Hall–Kier alpha value is -3.32. The Morgan fingerprint density at radius 2 is 1.91 bits per heavy atom. The summed E-state index contributed by atoms with van der Waals surface area (Å²) < 4.78 is 6.47. The molecule has 0 saturated carbocycles. The van der Waals surface area contributed by atoms with Crippen molar-refractivity contribution in [3.63, 3.8) is 0 Å². The highest BCUT2D eigenvalue weighted by atomic mass is 35.5. The van der Waals surface area contributed by atoms with Gasteiger partial charge in [-0.2, -0.15) is 5.10 Å². The molecule has 32 heavy (non-hydrogen) atoms. The van der Waals surface area contributed by atoms with Crippen LogP contribution >= 0.6 is 11.6 Å². The van der Waals surface area contributed by atoms with Crippen molar-refractivity contribution >= 4 is 35.1 Å². The van der Waals surface area contributed by atoms with Crippen LogP contribution in [0.15, 0.2) is 71.0 Å². The van der Waals surface area contributed by atoms with E-state index in [4.69, 9.17) is 21.4 Å². The van der Waals surface area contributed by atoms with Gasteiger partial charge in [-0.15, -0.1) is 0 Å². The number of hydrogen-bond acceptors (Lipinski definition) is 4. The molecule has 1 aromatic rings. The van der Waals surface area contributed by atoms with Gasteiger partial charge in [0.15, 0.2) is 0 Å². The van der Waals surface area contributed by atoms with Crippen molar-refractivity contribution in [2.45, 2.75) is 39.0 Å². The van der Waals surface area contributed by atoms with E-state index >= 15 is 0 Å². The van der Waals surface area contributed by atoms with E-state index < -0.39 is 6.03 Å². The number of hydrogen-bond donors (Lipinski definition) is 2. The maximum absolute atomic E-state index is 12.7. The maximum atomic E-state index is 12.7. The number of carbonyl (C=O) groups excluding carboxylic acids is 2. The number of esters is 1. The average molecular weight is 455 g/mol. The van der Waals surface area contributed by atoms with Crippen LogP contribution in [0.1, 0.15) is 39.3 Å². The van der Waals surface area contributed by atoms with E-state index in [-0.39, 0.29) is 11.4 Å². The molecule has 0 fully saturated rings. The van der Waals surface area contributed by atoms with Crippen molar-refractivity contribution in [3.05, 3.63) is 76.7 Å². The zero-order valence-electron chi connectivity index (χ0n) is 18.6. The number of urea groups is 1. The van der Waals surface area contributed by atoms with E-state index in [0.717, 1.165) is 5.69 Å². The molecule has 7 nitrogen and oxygen atoms in total. The minimum atomic E-state index is -0.399. The molecule has 2 N–H and O–H groups in total. The van der Waals surface area contributed by atoms with Crippen LogP contribution in [-0.4, -0.2) is 28.9 Å². The SMILES string of the molecule is COC(=O)C1=CC=C(n2nc(C(C)(C)C)cc2NC(=O)NC2=CCC=C(Cl)C=C2)C=CC1. The van der Waals surface area contributed by atoms with Crippen molar-refractivity contribution in [1.29, 1.82) is 0 Å². The molecule has 0 aromatic carbocycles. The number of aromatic nitrogens is 2. The van der Waals surface area contributed by atoms with E-state index in [1.165, 1.54) is 7.11 Å². The summed E-state index contributed by atoms with van der Waals surface area (Å²) in [6.07, 6.45) is 15.5. The van der Waals surface area contributed by atoms with Crippen LogP contribution in [0.25, 0.3) is 5.70 Å². The minimum absolute atomic E-state index is 0.227. The second-order valence-electron chi connectivity index (χ2n) is 8.35. The molecule has 2 amide bonds. The van der Waals surface area contributed by atoms with Gasteiger partial charge in [0.2, 0.25) is 0 Å². The second kappa shape index (κ2) is 9.87. The number of nitrogens with zero attached hydrogens (tertiary/aromatic N) is 2. The van der Waals surface area contributed by atoms with Gasteiger partial charge in [-0.3, -0.25) is 5.32 Å². The highest BCUT2D eigenvalue weighted by molar-refractivity contribution is 6.31. The van der Waals surface area contributed by atoms with Crippen LogP contribution in [0.3, 0.4) is 0 Å². The first-order chi connectivity index (χ1) is 15.2. The molecule has 0 unspecified atom stereocenters. The fourth-order valence-electron chi connectivity index (χ4n) is 3.05. The Morgan fingerprint density at radius 1 is 1.12 bits per heavy atom. The second-order valence-corrected chi connectivity index (χ2v) is 8.79. The van der Waals surface area contributed by atoms with Crippen molar-refractivity contribution < 1.29 is 14.3 Å². The number of rotatable bonds is 4. The van der Waals surface area contributed by atoms with Crippen LogP contribution in [0.4, 0.5) is 10.6 Å². The number of carbonyl (C=O) groups is 2. The fraction of sp³-hybridized carbons (Fsp3) is 0.292. The van der Waals surface area contributed by atoms with Gasteiger partial charge in [0, 0.05) is 27.8 Å². The van der Waals surface area contributed by atoms with Crippen LogP contribution in [0.2, 0.25) is 0 Å². The van der Waals surface area contributed by atoms with Crippen LogP contribution in [0.5, 0.6) is 0 Å². The van der Waals surface area contributed by atoms with E-state index in [2.05, 4.69) is 10.6 Å². The van der Waals surface area contributed by atoms with Gasteiger partial charge in [-0.25, -0.2) is 14.3 Å². The number of allylic oxidation sites excluding steroid dienone is 10. The van der Waals surface area contributed by atoms with Crippen LogP contribution in [0, 0.1) is 0 Å². The summed E-state index contributed by atoms with van der Waals surface area (Å²) >= 11 is 6.01. The Labute approximate surface area is 192 Å². The molecule has 8 heteroatoms. The molecule has 3 rings (SSSR count). The smallest absolute Gasteiger partial charge is 0.334 e. The lowest BCUT2D eigenvalue weighted by Gasteiger charge is -2.14. The van der Waals surface area contributed by atoms with Gasteiger partial charge in [0.25, 0.3) is 0 Å². The standard InChI is InChI=1S/C24H27ClN4O3/c1-24(2,3)20-15-21(27-23(31)26-18-9-6-8-17(25)12-13-18)29(28-20)19-10-5-7-16(11-14-19)22(30)32-4/h5,8-15H,6-7H2,1-4H3,(H2,26,27,31). The molecule has 2 aliphatic rings. The monoisotopic (exact) mass is 454 g/mol. The average Bonchev–Trinajstić information content (AvgIpc) is 2.88. The predicted molar refractivity (Wildman–Crippen MR) is 127 cm³/mol. The predicted octanol–water partition coefficient (Wildman–Crippen LogP) is 5.17. The number of methoxy groups -OCH3 is 1. The summed E-state index contributed by atoms with van der Waals surface area (Å²) in [4.78, 5) is 24.6. The first-order valence-corrected chi connectivity index (χ1v) is 10.6. The number of amides is 2. The lowest BCUT2D eigenvalue weighted by molar-refractivity contribution is -0.136. The summed E-state index contributed by atoms with van der Waals surface area (Å²) in [6.45, 7) is 6.15. The Bertz CT molecular complexity index is 1090.